The van der Waals surface area contributed by atoms with Crippen molar-refractivity contribution in [2.24, 2.45) is 0 Å². The minimum absolute atomic E-state index is 0.116. The molecule has 298 valence electrons. The molecule has 0 saturated carbocycles. The maximum Gasteiger partial charge on any atom is 0.303 e. The highest BCUT2D eigenvalue weighted by Crippen LogP contribution is 2.35. The molecule has 20 heteroatoms. The van der Waals surface area contributed by atoms with Gasteiger partial charge in [-0.1, -0.05) is 12.1 Å². The maximum absolute atomic E-state index is 13.0. The Morgan fingerprint density at radius 1 is 0.537 bits per heavy atom. The molecule has 2 aliphatic heterocycles. The Bertz CT molecular complexity index is 1560. The first-order valence-corrected chi connectivity index (χ1v) is 16.4. The molecule has 2 aliphatic rings. The van der Waals surface area contributed by atoms with Gasteiger partial charge in [-0.3, -0.25) is 38.4 Å². The summed E-state index contributed by atoms with van der Waals surface area (Å²) in [4.78, 5) is 98.6. The van der Waals surface area contributed by atoms with E-state index in [0.717, 1.165) is 48.5 Å². The molecule has 1 aromatic rings. The van der Waals surface area contributed by atoms with Gasteiger partial charge in [0, 0.05) is 48.5 Å². The molecule has 3 rings (SSSR count). The van der Waals surface area contributed by atoms with Crippen molar-refractivity contribution in [3.8, 4) is 5.75 Å². The van der Waals surface area contributed by atoms with Gasteiger partial charge >= 0.3 is 41.8 Å². The maximum atomic E-state index is 13.0. The smallest absolute Gasteiger partial charge is 0.303 e. The van der Waals surface area contributed by atoms with Gasteiger partial charge in [0.15, 0.2) is 48.9 Å². The van der Waals surface area contributed by atoms with E-state index in [1.54, 1.807) is 0 Å². The zero-order chi connectivity index (χ0) is 40.3. The first-order valence-electron chi connectivity index (χ1n) is 16.4. The third-order valence-electron chi connectivity index (χ3n) is 7.47. The first kappa shape index (κ1) is 43.2. The van der Waals surface area contributed by atoms with Crippen LogP contribution in [0, 0.1) is 0 Å². The summed E-state index contributed by atoms with van der Waals surface area (Å²) in [6.45, 7) is 5.18. The normalized spacial score (nSPS) is 27.7. The number of Topliss-reactive ketones (excluding diaryl/α,β-unsaturated/α-hetero) is 1. The number of carbonyl (C=O) groups excluding carboxylic acids is 8. The Balaban J connectivity index is 2.13. The van der Waals surface area contributed by atoms with E-state index < -0.39 is 129 Å². The van der Waals surface area contributed by atoms with E-state index in [9.17, 15) is 43.5 Å². The fraction of sp³-hybridized carbons (Fsp3) is 0.588. The van der Waals surface area contributed by atoms with Crippen LogP contribution in [-0.2, 0) is 85.7 Å². The van der Waals surface area contributed by atoms with E-state index in [2.05, 4.69) is 0 Å². The van der Waals surface area contributed by atoms with Gasteiger partial charge < -0.3 is 57.2 Å². The lowest BCUT2D eigenvalue weighted by Gasteiger charge is -2.48. The van der Waals surface area contributed by atoms with Crippen LogP contribution in [0.1, 0.15) is 58.8 Å². The number of esters is 7. The summed E-state index contributed by atoms with van der Waals surface area (Å²) in [5.74, 6) is -7.33. The molecule has 20 nitrogen and oxygen atoms in total. The standard InChI is InChI=1S/C34H42O20/c1-15(35)44-13-25-27(47-17(3)37)29(48-18(4)38)32(51-21(7)41)34(53-25)54-28-26(14-45-16(2)36)52-33(31(50-20(6)40)30(28)49-19(5)39)46-12-24(43)22-10-8-9-11-23(22)42/h8-11,25-34,42H,12-14H2,1-7H3/t25-,26-,27-,28-,29+,30+,31-,32-,33-,34+/m1/s1. The van der Waals surface area contributed by atoms with Crippen molar-refractivity contribution in [2.75, 3.05) is 19.8 Å². The number of hydrogen-bond acceptors (Lipinski definition) is 20. The fourth-order valence-electron chi connectivity index (χ4n) is 5.55. The van der Waals surface area contributed by atoms with Crippen molar-refractivity contribution in [1.29, 1.82) is 0 Å². The minimum atomic E-state index is -1.87. The van der Waals surface area contributed by atoms with Crippen LogP contribution in [0.25, 0.3) is 0 Å². The number of ketones is 1. The summed E-state index contributed by atoms with van der Waals surface area (Å²) >= 11 is 0. The number of ether oxygens (including phenoxy) is 11. The van der Waals surface area contributed by atoms with Crippen LogP contribution in [0.5, 0.6) is 5.75 Å². The zero-order valence-corrected chi connectivity index (χ0v) is 30.4. The van der Waals surface area contributed by atoms with E-state index in [1.807, 2.05) is 0 Å². The van der Waals surface area contributed by atoms with Crippen molar-refractivity contribution in [1.82, 2.24) is 0 Å². The Labute approximate surface area is 308 Å². The average molecular weight is 771 g/mol. The van der Waals surface area contributed by atoms with Crippen molar-refractivity contribution >= 4 is 47.6 Å². The molecule has 0 aliphatic carbocycles. The summed E-state index contributed by atoms with van der Waals surface area (Å²) in [6, 6.07) is 5.58. The second kappa shape index (κ2) is 19.8. The van der Waals surface area contributed by atoms with Crippen molar-refractivity contribution in [2.45, 2.75) is 110 Å². The summed E-state index contributed by atoms with van der Waals surface area (Å²) < 4.78 is 61.6. The number of phenols is 1. The molecule has 0 bridgehead atoms. The molecule has 54 heavy (non-hydrogen) atoms. The van der Waals surface area contributed by atoms with Gasteiger partial charge in [-0.25, -0.2) is 0 Å². The van der Waals surface area contributed by atoms with E-state index in [0.29, 0.717) is 0 Å². The van der Waals surface area contributed by atoms with Gasteiger partial charge in [-0.05, 0) is 12.1 Å². The van der Waals surface area contributed by atoms with Crippen molar-refractivity contribution < 1.29 is 95.6 Å². The fourth-order valence-corrected chi connectivity index (χ4v) is 5.55. The topological polar surface area (TPSA) is 258 Å². The molecule has 0 radical (unpaired) electrons. The summed E-state index contributed by atoms with van der Waals surface area (Å²) in [5.41, 5.74) is -0.116. The quantitative estimate of drug-likeness (QED) is 0.142. The minimum Gasteiger partial charge on any atom is -0.507 e. The summed E-state index contributed by atoms with van der Waals surface area (Å²) in [6.07, 6.45) is -16.7. The highest BCUT2D eigenvalue weighted by atomic mass is 16.8. The van der Waals surface area contributed by atoms with Crippen LogP contribution in [0.3, 0.4) is 0 Å². The van der Waals surface area contributed by atoms with Crippen molar-refractivity contribution in [3.05, 3.63) is 29.8 Å². The van der Waals surface area contributed by atoms with E-state index in [4.69, 9.17) is 52.1 Å². The molecule has 2 fully saturated rings. The first-order chi connectivity index (χ1) is 25.4. The van der Waals surface area contributed by atoms with E-state index >= 15 is 0 Å². The third kappa shape index (κ3) is 12.5. The third-order valence-corrected chi connectivity index (χ3v) is 7.47. The molecule has 1 aromatic carbocycles. The molecule has 0 amide bonds. The molecule has 2 heterocycles. The molecular formula is C34H42O20. The van der Waals surface area contributed by atoms with Gasteiger partial charge in [-0.2, -0.15) is 0 Å². The lowest BCUT2D eigenvalue weighted by atomic mass is 9.96. The highest BCUT2D eigenvalue weighted by molar-refractivity contribution is 5.99. The van der Waals surface area contributed by atoms with Gasteiger partial charge in [0.05, 0.1) is 5.56 Å². The second-order valence-electron chi connectivity index (χ2n) is 11.9. The summed E-state index contributed by atoms with van der Waals surface area (Å²) in [7, 11) is 0. The Hall–Kier alpha value is -5.18. The molecular weight excluding hydrogens is 728 g/mol. The van der Waals surface area contributed by atoms with Crippen LogP contribution < -0.4 is 0 Å². The number of hydrogen-bond donors (Lipinski definition) is 1. The Morgan fingerprint density at radius 2 is 0.944 bits per heavy atom. The Morgan fingerprint density at radius 3 is 1.43 bits per heavy atom. The number of rotatable bonds is 15. The largest absolute Gasteiger partial charge is 0.507 e. The number of carbonyl (C=O) groups is 8. The van der Waals surface area contributed by atoms with Gasteiger partial charge in [0.2, 0.25) is 0 Å². The zero-order valence-electron chi connectivity index (χ0n) is 30.4. The number of benzene rings is 1. The number of aromatic hydroxyl groups is 1. The predicted octanol–water partition coefficient (Wildman–Crippen LogP) is 0.211. The van der Waals surface area contributed by atoms with Crippen LogP contribution in [0.2, 0.25) is 0 Å². The molecule has 2 saturated heterocycles. The molecule has 1 N–H and O–H groups in total. The SMILES string of the molecule is CC(=O)OC[C@H]1O[C@@H](O[C@H]2[C@H](OC(C)=O)[C@@H](OC(C)=O)[C@H](OCC(=O)c3ccccc3O)O[C@@H]2COC(C)=O)[C@H](OC(C)=O)[C@@H](OC(C)=O)[C@@H]1OC(C)=O. The lowest BCUT2D eigenvalue weighted by Crippen LogP contribution is -2.67. The van der Waals surface area contributed by atoms with Gasteiger partial charge in [0.25, 0.3) is 0 Å². The van der Waals surface area contributed by atoms with Crippen LogP contribution in [0.15, 0.2) is 24.3 Å². The van der Waals surface area contributed by atoms with Crippen LogP contribution in [-0.4, -0.2) is 134 Å². The molecule has 0 unspecified atom stereocenters. The lowest BCUT2D eigenvalue weighted by molar-refractivity contribution is -0.360. The second-order valence-corrected chi connectivity index (χ2v) is 11.9. The highest BCUT2D eigenvalue weighted by Gasteiger charge is 2.57. The molecule has 10 atom stereocenters. The monoisotopic (exact) mass is 770 g/mol. The van der Waals surface area contributed by atoms with Crippen molar-refractivity contribution in [3.63, 3.8) is 0 Å². The predicted molar refractivity (Wildman–Crippen MR) is 172 cm³/mol. The molecule has 0 aromatic heterocycles. The number of phenolic OH excluding ortho intramolecular Hbond substituents is 1. The van der Waals surface area contributed by atoms with Gasteiger partial charge in [0.1, 0.15) is 43.9 Å². The Kier molecular flexibility index (Phi) is 15.8. The average Bonchev–Trinajstić information content (AvgIpc) is 3.05. The van der Waals surface area contributed by atoms with E-state index in [-0.39, 0.29) is 11.3 Å². The molecule has 0 spiro atoms. The number of para-hydroxylation sites is 1. The van der Waals surface area contributed by atoms with Crippen LogP contribution in [0.4, 0.5) is 0 Å². The summed E-state index contributed by atoms with van der Waals surface area (Å²) in [5, 5.41) is 10.1. The van der Waals surface area contributed by atoms with Gasteiger partial charge in [-0.15, -0.1) is 0 Å². The van der Waals surface area contributed by atoms with E-state index in [1.165, 1.54) is 24.3 Å². The van der Waals surface area contributed by atoms with Crippen LogP contribution >= 0.6 is 0 Å².